The topological polar surface area (TPSA) is 93.4 Å². The van der Waals surface area contributed by atoms with Crippen molar-refractivity contribution in [3.05, 3.63) is 68.3 Å². The normalized spacial score (nSPS) is 22.3. The first-order valence-corrected chi connectivity index (χ1v) is 13.3. The number of aliphatic carboxylic acids is 1. The molecule has 3 heterocycles. The molecule has 0 bridgehead atoms. The lowest BCUT2D eigenvalue weighted by atomic mass is 10.1. The molecule has 11 heteroatoms. The van der Waals surface area contributed by atoms with Crippen LogP contribution in [-0.2, 0) is 16.6 Å². The lowest BCUT2D eigenvalue weighted by molar-refractivity contribution is -0.141. The van der Waals surface area contributed by atoms with Crippen molar-refractivity contribution in [2.45, 2.75) is 36.4 Å². The minimum atomic E-state index is -1.03. The van der Waals surface area contributed by atoms with Crippen LogP contribution in [0.3, 0.4) is 0 Å². The van der Waals surface area contributed by atoms with Crippen LogP contribution in [0.1, 0.15) is 37.0 Å². The molecule has 1 aliphatic carbocycles. The Morgan fingerprint density at radius 2 is 2.08 bits per heavy atom. The number of carboxylic acids is 1. The van der Waals surface area contributed by atoms with Crippen molar-refractivity contribution in [2.75, 3.05) is 5.32 Å². The van der Waals surface area contributed by atoms with Crippen LogP contribution in [-0.4, -0.2) is 37.4 Å². The highest BCUT2D eigenvalue weighted by Gasteiger charge is 2.59. The second-order valence-electron chi connectivity index (χ2n) is 8.69. The van der Waals surface area contributed by atoms with Crippen molar-refractivity contribution >= 4 is 53.0 Å². The van der Waals surface area contributed by atoms with Gasteiger partial charge in [0.05, 0.1) is 21.9 Å². The highest BCUT2D eigenvalue weighted by molar-refractivity contribution is 8.09. The third-order valence-electron chi connectivity index (χ3n) is 6.29. The third kappa shape index (κ3) is 4.51. The molecular formula is C25H21ClFN3O4S2. The monoisotopic (exact) mass is 545 g/mol. The fourth-order valence-electron chi connectivity index (χ4n) is 4.13. The Morgan fingerprint density at radius 3 is 2.75 bits per heavy atom. The Kier molecular flexibility index (Phi) is 6.57. The number of nitrogens with zero attached hydrogens (tertiary/aromatic N) is 2. The average Bonchev–Trinajstić information content (AvgIpc) is 3.32. The number of amides is 1. The summed E-state index contributed by atoms with van der Waals surface area (Å²) in [5, 5.41) is 16.2. The number of allylic oxidation sites excluding steroid dienone is 1. The van der Waals surface area contributed by atoms with Crippen molar-refractivity contribution in [1.82, 2.24) is 9.78 Å². The minimum Gasteiger partial charge on any atom is -0.481 e. The lowest BCUT2D eigenvalue weighted by Gasteiger charge is -2.15. The standard InChI is InChI=1S/C25H21ClFN3O4S2/c1-13(16-5-3-4-6-17(16)26)34-24(33)29-22-14(12-28-30(22)2)7-8-15-11-18-20(35-15)19(27)21(36-18)25(9-10-25)23(31)32/h3-6,11-13,18,20H,9-10H2,1-2H3,(H,29,33)(H,31,32). The maximum absolute atomic E-state index is 15.0. The molecule has 0 spiro atoms. The van der Waals surface area contributed by atoms with Crippen molar-refractivity contribution < 1.29 is 23.8 Å². The minimum absolute atomic E-state index is 0.182. The molecule has 1 amide bonds. The molecule has 3 aliphatic rings. The summed E-state index contributed by atoms with van der Waals surface area (Å²) in [5.74, 6) is 5.09. The molecule has 1 aromatic heterocycles. The van der Waals surface area contributed by atoms with E-state index in [1.807, 2.05) is 12.1 Å². The van der Waals surface area contributed by atoms with Crippen molar-refractivity contribution in [1.29, 1.82) is 0 Å². The summed E-state index contributed by atoms with van der Waals surface area (Å²) in [5.41, 5.74) is 0.132. The number of halogens is 2. The molecule has 2 aromatic rings. The second kappa shape index (κ2) is 9.54. The van der Waals surface area contributed by atoms with Crippen LogP contribution in [0.5, 0.6) is 0 Å². The number of fused-ring (bicyclic) bond motifs is 1. The lowest BCUT2D eigenvalue weighted by Crippen LogP contribution is -2.18. The number of hydrogen-bond donors (Lipinski definition) is 2. The largest absolute Gasteiger partial charge is 0.481 e. The van der Waals surface area contributed by atoms with Crippen molar-refractivity contribution in [3.63, 3.8) is 0 Å². The zero-order valence-corrected chi connectivity index (χ0v) is 21.6. The summed E-state index contributed by atoms with van der Waals surface area (Å²) in [6.45, 7) is 1.73. The van der Waals surface area contributed by atoms with E-state index >= 15 is 4.39 Å². The van der Waals surface area contributed by atoms with E-state index in [4.69, 9.17) is 16.3 Å². The molecule has 3 atom stereocenters. The van der Waals surface area contributed by atoms with Gasteiger partial charge in [-0.1, -0.05) is 41.6 Å². The van der Waals surface area contributed by atoms with Gasteiger partial charge >= 0.3 is 12.1 Å². The molecule has 3 unspecified atom stereocenters. The number of ether oxygens (including phenoxy) is 1. The summed E-state index contributed by atoms with van der Waals surface area (Å²) in [6, 6.07) is 7.13. The highest BCUT2D eigenvalue weighted by atomic mass is 35.5. The maximum Gasteiger partial charge on any atom is 0.413 e. The van der Waals surface area contributed by atoms with Gasteiger partial charge in [0.1, 0.15) is 23.2 Å². The van der Waals surface area contributed by atoms with E-state index < -0.39 is 28.8 Å². The molecule has 1 fully saturated rings. The highest BCUT2D eigenvalue weighted by Crippen LogP contribution is 2.64. The quantitative estimate of drug-likeness (QED) is 0.452. The van der Waals surface area contributed by atoms with Crippen LogP contribution in [0, 0.1) is 17.3 Å². The predicted octanol–water partition coefficient (Wildman–Crippen LogP) is 5.90. The summed E-state index contributed by atoms with van der Waals surface area (Å²) in [6.07, 6.45) is 3.12. The summed E-state index contributed by atoms with van der Waals surface area (Å²) >= 11 is 8.77. The van der Waals surface area contributed by atoms with Crippen LogP contribution in [0.4, 0.5) is 15.0 Å². The van der Waals surface area contributed by atoms with Crippen molar-refractivity contribution in [2.24, 2.45) is 12.5 Å². The number of benzene rings is 1. The van der Waals surface area contributed by atoms with E-state index in [2.05, 4.69) is 22.3 Å². The fraction of sp³-hybridized carbons (Fsp3) is 0.320. The SMILES string of the molecule is CC(OC(=O)Nc1c(C#CC2=CC3SC(C4(C(=O)O)CC4)=C(F)C3S2)cnn1C)c1ccccc1Cl. The Balaban J connectivity index is 1.25. The number of rotatable bonds is 5. The number of aromatic nitrogens is 2. The Bertz CT molecular complexity index is 1390. The van der Waals surface area contributed by atoms with Crippen LogP contribution in [0.15, 0.2) is 52.2 Å². The van der Waals surface area contributed by atoms with Crippen molar-refractivity contribution in [3.8, 4) is 11.8 Å². The van der Waals surface area contributed by atoms with Crippen LogP contribution in [0.25, 0.3) is 0 Å². The zero-order valence-electron chi connectivity index (χ0n) is 19.2. The number of anilines is 1. The van der Waals surface area contributed by atoms with Gasteiger partial charge < -0.3 is 9.84 Å². The van der Waals surface area contributed by atoms with Gasteiger partial charge in [0.2, 0.25) is 0 Å². The van der Waals surface area contributed by atoms with Gasteiger partial charge in [-0.05, 0) is 31.9 Å². The number of hydrogen-bond acceptors (Lipinski definition) is 6. The number of nitrogens with one attached hydrogen (secondary N) is 1. The number of carbonyl (C=O) groups is 2. The van der Waals surface area contributed by atoms with E-state index in [-0.39, 0.29) is 11.1 Å². The summed E-state index contributed by atoms with van der Waals surface area (Å²) in [7, 11) is 1.67. The Morgan fingerprint density at radius 1 is 1.33 bits per heavy atom. The third-order valence-corrected chi connectivity index (χ3v) is 9.55. The van der Waals surface area contributed by atoms with Gasteiger partial charge in [-0.15, -0.1) is 23.5 Å². The molecule has 2 aliphatic heterocycles. The van der Waals surface area contributed by atoms with E-state index in [9.17, 15) is 14.7 Å². The van der Waals surface area contributed by atoms with Crippen LogP contribution >= 0.6 is 35.1 Å². The molecule has 36 heavy (non-hydrogen) atoms. The molecule has 1 aromatic carbocycles. The molecular weight excluding hydrogens is 525 g/mol. The molecule has 2 N–H and O–H groups in total. The Labute approximate surface area is 220 Å². The van der Waals surface area contributed by atoms with Crippen LogP contribution in [0.2, 0.25) is 5.02 Å². The van der Waals surface area contributed by atoms with Gasteiger partial charge in [0.15, 0.2) is 0 Å². The second-order valence-corrected chi connectivity index (χ2v) is 11.5. The molecule has 7 nitrogen and oxygen atoms in total. The van der Waals surface area contributed by atoms with Gasteiger partial charge in [0.25, 0.3) is 0 Å². The molecule has 186 valence electrons. The van der Waals surface area contributed by atoms with E-state index in [1.165, 1.54) is 34.4 Å². The van der Waals surface area contributed by atoms with Gasteiger partial charge in [-0.25, -0.2) is 9.18 Å². The summed E-state index contributed by atoms with van der Waals surface area (Å²) in [4.78, 5) is 25.2. The fourth-order valence-corrected chi connectivity index (χ4v) is 7.43. The molecule has 5 rings (SSSR count). The predicted molar refractivity (Wildman–Crippen MR) is 138 cm³/mol. The van der Waals surface area contributed by atoms with Gasteiger partial charge in [-0.2, -0.15) is 5.10 Å². The number of thioether (sulfide) groups is 2. The molecule has 0 radical (unpaired) electrons. The number of aryl methyl sites for hydroxylation is 1. The van der Waals surface area contributed by atoms with Crippen LogP contribution < -0.4 is 5.32 Å². The van der Waals surface area contributed by atoms with E-state index in [0.29, 0.717) is 44.6 Å². The first kappa shape index (κ1) is 24.8. The number of carbonyl (C=O) groups excluding carboxylic acids is 1. The first-order chi connectivity index (χ1) is 17.2. The number of carboxylic acid groups (broad SMARTS) is 1. The Hall–Kier alpha value is -2.87. The first-order valence-electron chi connectivity index (χ1n) is 11.1. The zero-order chi connectivity index (χ0) is 25.6. The van der Waals surface area contributed by atoms with E-state index in [0.717, 1.165) is 0 Å². The molecule has 0 saturated heterocycles. The van der Waals surface area contributed by atoms with E-state index in [1.54, 1.807) is 32.2 Å². The summed E-state index contributed by atoms with van der Waals surface area (Å²) < 4.78 is 22.0. The van der Waals surface area contributed by atoms with Gasteiger partial charge in [0, 0.05) is 27.8 Å². The average molecular weight is 546 g/mol. The smallest absolute Gasteiger partial charge is 0.413 e. The van der Waals surface area contributed by atoms with Gasteiger partial charge in [-0.3, -0.25) is 14.8 Å². The maximum atomic E-state index is 15.0. The molecule has 1 saturated carbocycles.